The molecule has 0 spiro atoms. The minimum atomic E-state index is -5.03. The predicted molar refractivity (Wildman–Crippen MR) is 105 cm³/mol. The van der Waals surface area contributed by atoms with Crippen molar-refractivity contribution in [2.45, 2.75) is 50.8 Å². The lowest BCUT2D eigenvalue weighted by molar-refractivity contribution is -0.262. The zero-order valence-electron chi connectivity index (χ0n) is 17.8. The third-order valence-corrected chi connectivity index (χ3v) is 5.78. The Balaban J connectivity index is 1.89. The third kappa shape index (κ3) is 3.75. The van der Waals surface area contributed by atoms with Gasteiger partial charge in [-0.05, 0) is 38.0 Å². The highest BCUT2D eigenvalue weighted by Gasteiger charge is 2.55. The van der Waals surface area contributed by atoms with Crippen LogP contribution in [0.5, 0.6) is 5.75 Å². The molecule has 2 unspecified atom stereocenters. The van der Waals surface area contributed by atoms with Crippen LogP contribution < -0.4 is 4.74 Å². The van der Waals surface area contributed by atoms with Crippen LogP contribution in [0.25, 0.3) is 11.4 Å². The van der Waals surface area contributed by atoms with E-state index < -0.39 is 35.5 Å². The molecule has 0 saturated carbocycles. The number of fused-ring (bicyclic) bond motifs is 3. The van der Waals surface area contributed by atoms with Gasteiger partial charge in [0.05, 0.1) is 31.2 Å². The molecule has 6 nitrogen and oxygen atoms in total. The fourth-order valence-electron chi connectivity index (χ4n) is 4.08. The first-order valence-electron chi connectivity index (χ1n) is 9.92. The summed E-state index contributed by atoms with van der Waals surface area (Å²) in [6, 6.07) is 5.77. The summed E-state index contributed by atoms with van der Waals surface area (Å²) in [5, 5.41) is 14.0. The molecule has 3 heterocycles. The zero-order chi connectivity index (χ0) is 24.3. The Hall–Kier alpha value is -3.02. The SMILES string of the molecule is COc1ccc(Cn2nc(C(F)(F)F)c3c2-c2cnc(C(C)(O)C(F)(F)F)n2C(C)C3)cc1. The molecule has 2 atom stereocenters. The average Bonchev–Trinajstić information content (AvgIpc) is 3.30. The predicted octanol–water partition coefficient (Wildman–Crippen LogP) is 4.71. The molecule has 33 heavy (non-hydrogen) atoms. The first-order chi connectivity index (χ1) is 15.3. The Kier molecular flexibility index (Phi) is 5.26. The Morgan fingerprint density at radius 1 is 1.12 bits per heavy atom. The molecule has 0 aliphatic carbocycles. The van der Waals surface area contributed by atoms with Gasteiger partial charge in [-0.1, -0.05) is 12.1 Å². The molecule has 0 radical (unpaired) electrons. The van der Waals surface area contributed by atoms with E-state index in [-0.39, 0.29) is 29.9 Å². The number of imidazole rings is 1. The number of hydrogen-bond donors (Lipinski definition) is 1. The van der Waals surface area contributed by atoms with E-state index in [0.29, 0.717) is 18.2 Å². The standard InChI is InChI=1S/C21H20F6N4O2/c1-11-8-14-16(15-9-28-18(31(11)15)19(2,32)21(25,26)27)30(29-17(14)20(22,23)24)10-12-4-6-13(33-3)7-5-12/h4-7,9,11,32H,8,10H2,1-3H3. The van der Waals surface area contributed by atoms with Crippen LogP contribution >= 0.6 is 0 Å². The monoisotopic (exact) mass is 474 g/mol. The van der Waals surface area contributed by atoms with Crippen molar-refractivity contribution < 1.29 is 36.2 Å². The lowest BCUT2D eigenvalue weighted by atomic mass is 9.96. The second-order valence-electron chi connectivity index (χ2n) is 8.14. The third-order valence-electron chi connectivity index (χ3n) is 5.78. The van der Waals surface area contributed by atoms with Crippen LogP contribution in [0.15, 0.2) is 30.5 Å². The molecule has 0 fully saturated rings. The molecule has 3 aromatic rings. The molecule has 2 aromatic heterocycles. The lowest BCUT2D eigenvalue weighted by Gasteiger charge is -2.31. The summed E-state index contributed by atoms with van der Waals surface area (Å²) >= 11 is 0. The van der Waals surface area contributed by atoms with Crippen molar-refractivity contribution in [3.8, 4) is 17.1 Å². The van der Waals surface area contributed by atoms with E-state index in [9.17, 15) is 31.4 Å². The number of nitrogens with zero attached hydrogens (tertiary/aromatic N) is 4. The number of benzene rings is 1. The minimum absolute atomic E-state index is 0.0213. The summed E-state index contributed by atoms with van der Waals surface area (Å²) < 4.78 is 89.2. The Morgan fingerprint density at radius 3 is 2.30 bits per heavy atom. The van der Waals surface area contributed by atoms with Crippen molar-refractivity contribution in [3.63, 3.8) is 0 Å². The number of hydrogen-bond acceptors (Lipinski definition) is 4. The highest BCUT2D eigenvalue weighted by Crippen LogP contribution is 2.46. The number of ether oxygens (including phenoxy) is 1. The summed E-state index contributed by atoms with van der Waals surface area (Å²) in [5.74, 6) is -0.128. The number of aliphatic hydroxyl groups is 1. The molecule has 1 aromatic carbocycles. The minimum Gasteiger partial charge on any atom is -0.497 e. The molecule has 178 valence electrons. The number of methoxy groups -OCH3 is 1. The Morgan fingerprint density at radius 2 is 1.76 bits per heavy atom. The van der Waals surface area contributed by atoms with Crippen molar-refractivity contribution in [1.29, 1.82) is 0 Å². The van der Waals surface area contributed by atoms with Gasteiger partial charge in [0.15, 0.2) is 11.5 Å². The van der Waals surface area contributed by atoms with Gasteiger partial charge in [0, 0.05) is 11.6 Å². The van der Waals surface area contributed by atoms with Gasteiger partial charge in [-0.2, -0.15) is 31.4 Å². The summed E-state index contributed by atoms with van der Waals surface area (Å²) in [4.78, 5) is 3.78. The van der Waals surface area contributed by atoms with E-state index in [2.05, 4.69) is 10.1 Å². The van der Waals surface area contributed by atoms with Crippen LogP contribution in [0.1, 0.15) is 42.5 Å². The highest BCUT2D eigenvalue weighted by molar-refractivity contribution is 5.64. The van der Waals surface area contributed by atoms with E-state index in [0.717, 1.165) is 15.4 Å². The largest absolute Gasteiger partial charge is 0.497 e. The van der Waals surface area contributed by atoms with Gasteiger partial charge in [0.1, 0.15) is 5.75 Å². The van der Waals surface area contributed by atoms with Gasteiger partial charge in [-0.3, -0.25) is 4.68 Å². The van der Waals surface area contributed by atoms with Crippen LogP contribution in [-0.2, 0) is 24.7 Å². The molecule has 1 aliphatic heterocycles. The lowest BCUT2D eigenvalue weighted by Crippen LogP contribution is -2.42. The first kappa shape index (κ1) is 23.1. The van der Waals surface area contributed by atoms with Crippen LogP contribution in [0.3, 0.4) is 0 Å². The summed E-state index contributed by atoms with van der Waals surface area (Å²) in [7, 11) is 1.48. The van der Waals surface area contributed by atoms with E-state index in [4.69, 9.17) is 4.74 Å². The van der Waals surface area contributed by atoms with Gasteiger partial charge in [-0.25, -0.2) is 4.98 Å². The van der Waals surface area contributed by atoms with E-state index in [1.807, 2.05) is 0 Å². The fourth-order valence-corrected chi connectivity index (χ4v) is 4.08. The number of halogens is 6. The van der Waals surface area contributed by atoms with Crippen molar-refractivity contribution in [1.82, 2.24) is 19.3 Å². The second kappa shape index (κ2) is 7.51. The maximum atomic E-state index is 13.8. The molecular weight excluding hydrogens is 454 g/mol. The molecule has 0 amide bonds. The summed E-state index contributed by atoms with van der Waals surface area (Å²) in [6.07, 6.45) is -8.96. The maximum absolute atomic E-state index is 13.8. The number of aromatic nitrogens is 4. The molecule has 0 bridgehead atoms. The van der Waals surface area contributed by atoms with Crippen molar-refractivity contribution in [2.75, 3.05) is 7.11 Å². The summed E-state index contributed by atoms with van der Waals surface area (Å²) in [6.45, 7) is 1.98. The van der Waals surface area contributed by atoms with E-state index in [1.165, 1.54) is 14.0 Å². The second-order valence-corrected chi connectivity index (χ2v) is 8.14. The molecule has 0 saturated heterocycles. The van der Waals surface area contributed by atoms with Gasteiger partial charge in [0.2, 0.25) is 5.60 Å². The van der Waals surface area contributed by atoms with Crippen molar-refractivity contribution in [3.05, 3.63) is 53.1 Å². The van der Waals surface area contributed by atoms with Crippen LogP contribution in [0.2, 0.25) is 0 Å². The molecule has 1 aliphatic rings. The normalized spacial score (nSPS) is 17.9. The van der Waals surface area contributed by atoms with Gasteiger partial charge < -0.3 is 14.4 Å². The van der Waals surface area contributed by atoms with E-state index >= 15 is 0 Å². The fraction of sp³-hybridized carbons (Fsp3) is 0.429. The topological polar surface area (TPSA) is 65.1 Å². The maximum Gasteiger partial charge on any atom is 0.435 e. The molecular formula is C21H20F6N4O2. The zero-order valence-corrected chi connectivity index (χ0v) is 17.8. The average molecular weight is 474 g/mol. The van der Waals surface area contributed by atoms with Crippen LogP contribution in [0, 0.1) is 0 Å². The van der Waals surface area contributed by atoms with Gasteiger partial charge >= 0.3 is 12.4 Å². The van der Waals surface area contributed by atoms with Crippen molar-refractivity contribution >= 4 is 0 Å². The van der Waals surface area contributed by atoms with Gasteiger partial charge in [-0.15, -0.1) is 0 Å². The number of alkyl halides is 6. The summed E-state index contributed by atoms with van der Waals surface area (Å²) in [5.41, 5.74) is -3.83. The Labute approximate surface area is 184 Å². The quantitative estimate of drug-likeness (QED) is 0.557. The molecule has 4 rings (SSSR count). The highest BCUT2D eigenvalue weighted by atomic mass is 19.4. The van der Waals surface area contributed by atoms with Crippen molar-refractivity contribution in [2.24, 2.45) is 0 Å². The Bertz CT molecular complexity index is 1180. The van der Waals surface area contributed by atoms with Gasteiger partial charge in [0.25, 0.3) is 0 Å². The molecule has 1 N–H and O–H groups in total. The molecule has 12 heteroatoms. The first-order valence-corrected chi connectivity index (χ1v) is 9.92. The smallest absolute Gasteiger partial charge is 0.435 e. The van der Waals surface area contributed by atoms with Crippen LogP contribution in [0.4, 0.5) is 26.3 Å². The van der Waals surface area contributed by atoms with Crippen LogP contribution in [-0.4, -0.2) is 37.7 Å². The van der Waals surface area contributed by atoms with E-state index in [1.54, 1.807) is 24.3 Å². The number of rotatable bonds is 4.